The third-order valence-electron chi connectivity index (χ3n) is 6.46. The Balaban J connectivity index is 1.62. The van der Waals surface area contributed by atoms with Gasteiger partial charge in [-0.1, -0.05) is 32.4 Å². The van der Waals surface area contributed by atoms with Crippen LogP contribution in [0.15, 0.2) is 24.3 Å². The van der Waals surface area contributed by atoms with Gasteiger partial charge < -0.3 is 20.3 Å². The smallest absolute Gasteiger partial charge is 0.255 e. The van der Waals surface area contributed by atoms with Crippen molar-refractivity contribution in [2.24, 2.45) is 11.3 Å². The normalized spacial score (nSPS) is 21.3. The molecule has 3 rings (SSSR count). The molecule has 6 nitrogen and oxygen atoms in total. The highest BCUT2D eigenvalue weighted by Crippen LogP contribution is 2.37. The number of ether oxygens (including phenoxy) is 1. The molecule has 0 bridgehead atoms. The third-order valence-corrected chi connectivity index (χ3v) is 6.46. The Morgan fingerprint density at radius 3 is 2.57 bits per heavy atom. The van der Waals surface area contributed by atoms with E-state index in [1.165, 1.54) is 6.42 Å². The van der Waals surface area contributed by atoms with Gasteiger partial charge in [-0.15, -0.1) is 0 Å². The van der Waals surface area contributed by atoms with Crippen LogP contribution in [0.25, 0.3) is 0 Å². The highest BCUT2D eigenvalue weighted by Gasteiger charge is 2.40. The molecule has 0 radical (unpaired) electrons. The highest BCUT2D eigenvalue weighted by atomic mass is 16.5. The van der Waals surface area contributed by atoms with E-state index >= 15 is 0 Å². The zero-order valence-electron chi connectivity index (χ0n) is 18.5. The van der Waals surface area contributed by atoms with Gasteiger partial charge in [-0.3, -0.25) is 9.59 Å². The Hall–Kier alpha value is -2.08. The number of carbonyl (C=O) groups excluding carboxylic acids is 2. The standard InChI is InChI=1S/C24H37N3O3/c1-19(2)9-15-27-16-11-24(12-17-27)10-5-6-13-25-22(28)20-7-3-4-8-21(20)30-18-14-26-23(24)29/h3-4,7-8,19H,5-6,9-18H2,1-2H3,(H,25,28)(H,26,29). The highest BCUT2D eigenvalue weighted by molar-refractivity contribution is 5.96. The van der Waals surface area contributed by atoms with Gasteiger partial charge in [0.2, 0.25) is 5.91 Å². The van der Waals surface area contributed by atoms with E-state index in [2.05, 4.69) is 29.4 Å². The molecule has 0 atom stereocenters. The quantitative estimate of drug-likeness (QED) is 0.795. The maximum absolute atomic E-state index is 13.2. The van der Waals surface area contributed by atoms with E-state index in [9.17, 15) is 9.59 Å². The van der Waals surface area contributed by atoms with Crippen LogP contribution in [0.4, 0.5) is 0 Å². The first-order chi connectivity index (χ1) is 14.5. The van der Waals surface area contributed by atoms with Gasteiger partial charge in [0.15, 0.2) is 0 Å². The molecule has 1 aromatic rings. The molecule has 6 heteroatoms. The second-order valence-corrected chi connectivity index (χ2v) is 9.12. The van der Waals surface area contributed by atoms with Crippen molar-refractivity contribution in [3.63, 3.8) is 0 Å². The minimum atomic E-state index is -0.291. The lowest BCUT2D eigenvalue weighted by molar-refractivity contribution is -0.134. The second-order valence-electron chi connectivity index (χ2n) is 9.12. The van der Waals surface area contributed by atoms with Crippen LogP contribution in [0, 0.1) is 11.3 Å². The topological polar surface area (TPSA) is 70.7 Å². The Morgan fingerprint density at radius 1 is 1.03 bits per heavy atom. The van der Waals surface area contributed by atoms with Gasteiger partial charge in [-0.25, -0.2) is 0 Å². The predicted molar refractivity (Wildman–Crippen MR) is 119 cm³/mol. The molecule has 1 saturated heterocycles. The van der Waals surface area contributed by atoms with E-state index in [1.54, 1.807) is 12.1 Å². The zero-order chi connectivity index (χ0) is 21.4. The van der Waals surface area contributed by atoms with Crippen LogP contribution in [0.2, 0.25) is 0 Å². The summed E-state index contributed by atoms with van der Waals surface area (Å²) in [6, 6.07) is 7.27. The number of fused-ring (bicyclic) bond motifs is 1. The molecule has 2 aliphatic rings. The molecule has 2 heterocycles. The largest absolute Gasteiger partial charge is 0.491 e. The number of hydrogen-bond acceptors (Lipinski definition) is 4. The average molecular weight is 416 g/mol. The molecule has 1 aromatic carbocycles. The number of amides is 2. The number of rotatable bonds is 3. The van der Waals surface area contributed by atoms with Crippen molar-refractivity contribution in [2.75, 3.05) is 39.3 Å². The Morgan fingerprint density at radius 2 is 1.80 bits per heavy atom. The molecule has 2 aliphatic heterocycles. The number of likely N-dealkylation sites (tertiary alicyclic amines) is 1. The molecule has 0 saturated carbocycles. The fourth-order valence-corrected chi connectivity index (χ4v) is 4.41. The number of piperidine rings is 1. The van der Waals surface area contributed by atoms with E-state index in [-0.39, 0.29) is 17.2 Å². The number of nitrogens with one attached hydrogen (secondary N) is 2. The van der Waals surface area contributed by atoms with Gasteiger partial charge in [0.1, 0.15) is 12.4 Å². The zero-order valence-corrected chi connectivity index (χ0v) is 18.5. The molecular weight excluding hydrogens is 378 g/mol. The van der Waals surface area contributed by atoms with E-state index in [0.717, 1.165) is 51.7 Å². The molecule has 30 heavy (non-hydrogen) atoms. The van der Waals surface area contributed by atoms with Gasteiger partial charge in [0.05, 0.1) is 17.5 Å². The summed E-state index contributed by atoms with van der Waals surface area (Å²) < 4.78 is 5.81. The maximum Gasteiger partial charge on any atom is 0.255 e. The van der Waals surface area contributed by atoms with E-state index in [0.29, 0.717) is 36.9 Å². The summed E-state index contributed by atoms with van der Waals surface area (Å²) in [5.74, 6) is 1.34. The van der Waals surface area contributed by atoms with Gasteiger partial charge in [0.25, 0.3) is 5.91 Å². The number of benzene rings is 1. The monoisotopic (exact) mass is 415 g/mol. The Bertz CT molecular complexity index is 711. The van der Waals surface area contributed by atoms with E-state index in [1.807, 2.05) is 12.1 Å². The first-order valence-corrected chi connectivity index (χ1v) is 11.5. The van der Waals surface area contributed by atoms with Crippen molar-refractivity contribution in [3.05, 3.63) is 29.8 Å². The fraction of sp³-hybridized carbons (Fsp3) is 0.667. The summed E-state index contributed by atoms with van der Waals surface area (Å²) in [7, 11) is 0. The number of hydrogen-bond donors (Lipinski definition) is 2. The SMILES string of the molecule is CC(C)CCN1CCC2(CCCCNC(=O)c3ccccc3OCCNC2=O)CC1. The van der Waals surface area contributed by atoms with Crippen molar-refractivity contribution >= 4 is 11.8 Å². The second kappa shape index (κ2) is 10.8. The summed E-state index contributed by atoms with van der Waals surface area (Å²) in [4.78, 5) is 28.2. The van der Waals surface area contributed by atoms with Crippen LogP contribution < -0.4 is 15.4 Å². The summed E-state index contributed by atoms with van der Waals surface area (Å²) in [6.45, 7) is 9.04. The molecule has 1 fully saturated rings. The maximum atomic E-state index is 13.2. The molecule has 0 unspecified atom stereocenters. The number of para-hydroxylation sites is 1. The molecule has 166 valence electrons. The lowest BCUT2D eigenvalue weighted by Gasteiger charge is -2.41. The van der Waals surface area contributed by atoms with Crippen LogP contribution in [0.3, 0.4) is 0 Å². The van der Waals surface area contributed by atoms with Crippen LogP contribution in [0.5, 0.6) is 5.75 Å². The molecule has 2 N–H and O–H groups in total. The lowest BCUT2D eigenvalue weighted by atomic mass is 9.73. The minimum Gasteiger partial charge on any atom is -0.491 e. The molecule has 0 aliphatic carbocycles. The van der Waals surface area contributed by atoms with Crippen molar-refractivity contribution in [1.82, 2.24) is 15.5 Å². The molecule has 0 aromatic heterocycles. The summed E-state index contributed by atoms with van der Waals surface area (Å²) in [5.41, 5.74) is 0.256. The van der Waals surface area contributed by atoms with Crippen molar-refractivity contribution in [1.29, 1.82) is 0 Å². The average Bonchev–Trinajstić information content (AvgIpc) is 2.75. The van der Waals surface area contributed by atoms with Gasteiger partial charge in [0, 0.05) is 6.54 Å². The molecule has 1 spiro atoms. The van der Waals surface area contributed by atoms with Gasteiger partial charge in [-0.05, 0) is 69.8 Å². The number of carbonyl (C=O) groups is 2. The van der Waals surface area contributed by atoms with Crippen LogP contribution >= 0.6 is 0 Å². The van der Waals surface area contributed by atoms with Crippen molar-refractivity contribution in [3.8, 4) is 5.75 Å². The first-order valence-electron chi connectivity index (χ1n) is 11.5. The van der Waals surface area contributed by atoms with Crippen molar-refractivity contribution < 1.29 is 14.3 Å². The van der Waals surface area contributed by atoms with Crippen LogP contribution in [-0.4, -0.2) is 56.0 Å². The van der Waals surface area contributed by atoms with Crippen molar-refractivity contribution in [2.45, 2.75) is 52.4 Å². The Kier molecular flexibility index (Phi) is 8.14. The number of nitrogens with zero attached hydrogens (tertiary/aromatic N) is 1. The van der Waals surface area contributed by atoms with Crippen LogP contribution in [0.1, 0.15) is 62.7 Å². The summed E-state index contributed by atoms with van der Waals surface area (Å²) in [6.07, 6.45) is 5.72. The van der Waals surface area contributed by atoms with E-state index < -0.39 is 0 Å². The van der Waals surface area contributed by atoms with Gasteiger partial charge in [-0.2, -0.15) is 0 Å². The predicted octanol–water partition coefficient (Wildman–Crippen LogP) is 3.22. The molecular formula is C24H37N3O3. The van der Waals surface area contributed by atoms with E-state index in [4.69, 9.17) is 4.74 Å². The van der Waals surface area contributed by atoms with Gasteiger partial charge >= 0.3 is 0 Å². The third kappa shape index (κ3) is 5.97. The molecule has 2 amide bonds. The fourth-order valence-electron chi connectivity index (χ4n) is 4.41. The first kappa shape index (κ1) is 22.6. The summed E-state index contributed by atoms with van der Waals surface area (Å²) in [5, 5.41) is 6.12. The lowest BCUT2D eigenvalue weighted by Crippen LogP contribution is -2.49. The van der Waals surface area contributed by atoms with Crippen LogP contribution in [-0.2, 0) is 4.79 Å². The minimum absolute atomic E-state index is 0.0973. The summed E-state index contributed by atoms with van der Waals surface area (Å²) >= 11 is 0. The Labute approximate surface area is 180 Å².